The number of hydrogen-bond donors (Lipinski definition) is 0. The standard InChI is InChI=1S/C10H12ClNO/c11-5-1-4-10(13)7-9-3-2-6-12-8-9/h2-3,6,8H,1,4-5,7H2. The van der Waals surface area contributed by atoms with Crippen molar-refractivity contribution in [1.29, 1.82) is 0 Å². The van der Waals surface area contributed by atoms with Crippen LogP contribution in [0.15, 0.2) is 24.5 Å². The monoisotopic (exact) mass is 197 g/mol. The third-order valence-corrected chi connectivity index (χ3v) is 1.98. The number of hydrogen-bond acceptors (Lipinski definition) is 2. The lowest BCUT2D eigenvalue weighted by atomic mass is 10.1. The summed E-state index contributed by atoms with van der Waals surface area (Å²) >= 11 is 5.48. The van der Waals surface area contributed by atoms with Crippen molar-refractivity contribution in [3.63, 3.8) is 0 Å². The molecule has 0 aliphatic heterocycles. The van der Waals surface area contributed by atoms with E-state index in [1.165, 1.54) is 0 Å². The molecule has 1 heterocycles. The van der Waals surface area contributed by atoms with E-state index in [2.05, 4.69) is 4.98 Å². The zero-order chi connectivity index (χ0) is 9.52. The summed E-state index contributed by atoms with van der Waals surface area (Å²) in [4.78, 5) is 15.2. The van der Waals surface area contributed by atoms with Crippen molar-refractivity contribution >= 4 is 17.4 Å². The van der Waals surface area contributed by atoms with Gasteiger partial charge in [0.1, 0.15) is 5.78 Å². The maximum atomic E-state index is 11.3. The van der Waals surface area contributed by atoms with Crippen LogP contribution in [0.3, 0.4) is 0 Å². The first-order valence-electron chi connectivity index (χ1n) is 4.29. The summed E-state index contributed by atoms with van der Waals surface area (Å²) in [5.74, 6) is 0.785. The molecule has 2 nitrogen and oxygen atoms in total. The highest BCUT2D eigenvalue weighted by Crippen LogP contribution is 2.02. The first-order valence-corrected chi connectivity index (χ1v) is 4.83. The maximum absolute atomic E-state index is 11.3. The van der Waals surface area contributed by atoms with E-state index in [-0.39, 0.29) is 5.78 Å². The van der Waals surface area contributed by atoms with Gasteiger partial charge in [0.15, 0.2) is 0 Å². The lowest BCUT2D eigenvalue weighted by Gasteiger charge is -1.98. The van der Waals surface area contributed by atoms with Crippen LogP contribution < -0.4 is 0 Å². The number of aromatic nitrogens is 1. The van der Waals surface area contributed by atoms with Crippen molar-refractivity contribution in [2.24, 2.45) is 0 Å². The number of carbonyl (C=O) groups excluding carboxylic acids is 1. The third kappa shape index (κ3) is 4.04. The summed E-state index contributed by atoms with van der Waals surface area (Å²) in [6.07, 6.45) is 5.23. The van der Waals surface area contributed by atoms with Gasteiger partial charge in [-0.05, 0) is 18.1 Å². The Hall–Kier alpha value is -0.890. The fraction of sp³-hybridized carbons (Fsp3) is 0.400. The van der Waals surface area contributed by atoms with Crippen molar-refractivity contribution in [3.8, 4) is 0 Å². The van der Waals surface area contributed by atoms with E-state index in [4.69, 9.17) is 11.6 Å². The number of Topliss-reactive ketones (excluding diaryl/α,β-unsaturated/α-hetero) is 1. The Balaban J connectivity index is 2.37. The molecule has 0 N–H and O–H groups in total. The number of alkyl halides is 1. The van der Waals surface area contributed by atoms with E-state index in [0.29, 0.717) is 18.7 Å². The predicted octanol–water partition coefficient (Wildman–Crippen LogP) is 2.21. The second kappa shape index (κ2) is 5.70. The van der Waals surface area contributed by atoms with Gasteiger partial charge >= 0.3 is 0 Å². The van der Waals surface area contributed by atoms with Crippen molar-refractivity contribution in [1.82, 2.24) is 4.98 Å². The number of nitrogens with zero attached hydrogens (tertiary/aromatic N) is 1. The van der Waals surface area contributed by atoms with Gasteiger partial charge in [0.2, 0.25) is 0 Å². The molecule has 0 unspecified atom stereocenters. The molecule has 3 heteroatoms. The van der Waals surface area contributed by atoms with Crippen LogP contribution in [0.1, 0.15) is 18.4 Å². The maximum Gasteiger partial charge on any atom is 0.137 e. The first-order chi connectivity index (χ1) is 6.33. The molecule has 1 rings (SSSR count). The van der Waals surface area contributed by atoms with E-state index in [1.54, 1.807) is 12.4 Å². The van der Waals surface area contributed by atoms with Crippen LogP contribution in [0.4, 0.5) is 0 Å². The molecule has 1 aromatic heterocycles. The molecule has 0 atom stereocenters. The fourth-order valence-corrected chi connectivity index (χ4v) is 1.22. The van der Waals surface area contributed by atoms with Crippen molar-refractivity contribution in [2.45, 2.75) is 19.3 Å². The third-order valence-electron chi connectivity index (χ3n) is 1.71. The predicted molar refractivity (Wildman–Crippen MR) is 52.9 cm³/mol. The summed E-state index contributed by atoms with van der Waals surface area (Å²) in [5, 5.41) is 0. The highest BCUT2D eigenvalue weighted by atomic mass is 35.5. The van der Waals surface area contributed by atoms with Gasteiger partial charge in [-0.2, -0.15) is 0 Å². The molecule has 0 amide bonds. The number of halogens is 1. The van der Waals surface area contributed by atoms with Gasteiger partial charge in [-0.3, -0.25) is 9.78 Å². The van der Waals surface area contributed by atoms with Crippen molar-refractivity contribution in [3.05, 3.63) is 30.1 Å². The van der Waals surface area contributed by atoms with Gasteiger partial charge in [-0.25, -0.2) is 0 Å². The Morgan fingerprint density at radius 3 is 3.00 bits per heavy atom. The van der Waals surface area contributed by atoms with Crippen LogP contribution in [0.2, 0.25) is 0 Å². The molecule has 0 fully saturated rings. The minimum absolute atomic E-state index is 0.230. The van der Waals surface area contributed by atoms with Gasteiger partial charge in [0.25, 0.3) is 0 Å². The summed E-state index contributed by atoms with van der Waals surface area (Å²) in [5.41, 5.74) is 0.974. The summed E-state index contributed by atoms with van der Waals surface area (Å²) < 4.78 is 0. The molecule has 0 spiro atoms. The Labute approximate surface area is 82.9 Å². The average molecular weight is 198 g/mol. The van der Waals surface area contributed by atoms with Gasteiger partial charge in [0, 0.05) is 31.1 Å². The van der Waals surface area contributed by atoms with E-state index < -0.39 is 0 Å². The van der Waals surface area contributed by atoms with Crippen LogP contribution in [0.5, 0.6) is 0 Å². The SMILES string of the molecule is O=C(CCCCl)Cc1cccnc1. The number of ketones is 1. The molecule has 0 aromatic carbocycles. The minimum Gasteiger partial charge on any atom is -0.299 e. The zero-order valence-electron chi connectivity index (χ0n) is 7.37. The van der Waals surface area contributed by atoms with Crippen LogP contribution in [0, 0.1) is 0 Å². The molecular weight excluding hydrogens is 186 g/mol. The molecule has 70 valence electrons. The van der Waals surface area contributed by atoms with Crippen molar-refractivity contribution in [2.75, 3.05) is 5.88 Å². The molecule has 0 aliphatic rings. The highest BCUT2D eigenvalue weighted by molar-refractivity contribution is 6.17. The quantitative estimate of drug-likeness (QED) is 0.678. The summed E-state index contributed by atoms with van der Waals surface area (Å²) in [6.45, 7) is 0. The van der Waals surface area contributed by atoms with E-state index in [1.807, 2.05) is 12.1 Å². The molecule has 0 saturated carbocycles. The Morgan fingerprint density at radius 1 is 1.54 bits per heavy atom. The second-order valence-corrected chi connectivity index (χ2v) is 3.25. The molecule has 0 saturated heterocycles. The Bertz CT molecular complexity index is 261. The van der Waals surface area contributed by atoms with Crippen LogP contribution >= 0.6 is 11.6 Å². The van der Waals surface area contributed by atoms with E-state index in [0.717, 1.165) is 12.0 Å². The van der Waals surface area contributed by atoms with Gasteiger partial charge < -0.3 is 0 Å². The smallest absolute Gasteiger partial charge is 0.137 e. The van der Waals surface area contributed by atoms with E-state index in [9.17, 15) is 4.79 Å². The van der Waals surface area contributed by atoms with Gasteiger partial charge in [0.05, 0.1) is 0 Å². The summed E-state index contributed by atoms with van der Waals surface area (Å²) in [6, 6.07) is 3.75. The summed E-state index contributed by atoms with van der Waals surface area (Å²) in [7, 11) is 0. The second-order valence-electron chi connectivity index (χ2n) is 2.87. The minimum atomic E-state index is 0.230. The van der Waals surface area contributed by atoms with Gasteiger partial charge in [-0.1, -0.05) is 6.07 Å². The lowest BCUT2D eigenvalue weighted by molar-refractivity contribution is -0.118. The molecule has 0 bridgehead atoms. The molecule has 0 radical (unpaired) electrons. The highest BCUT2D eigenvalue weighted by Gasteiger charge is 2.02. The fourth-order valence-electron chi connectivity index (χ4n) is 1.08. The Morgan fingerprint density at radius 2 is 2.38 bits per heavy atom. The van der Waals surface area contributed by atoms with Crippen LogP contribution in [-0.4, -0.2) is 16.6 Å². The largest absolute Gasteiger partial charge is 0.299 e. The Kier molecular flexibility index (Phi) is 4.47. The normalized spacial score (nSPS) is 9.92. The number of rotatable bonds is 5. The van der Waals surface area contributed by atoms with Crippen molar-refractivity contribution < 1.29 is 4.79 Å². The molecule has 1 aromatic rings. The molecule has 0 aliphatic carbocycles. The number of carbonyl (C=O) groups is 1. The van der Waals surface area contributed by atoms with Crippen LogP contribution in [0.25, 0.3) is 0 Å². The van der Waals surface area contributed by atoms with Crippen LogP contribution in [-0.2, 0) is 11.2 Å². The first kappa shape index (κ1) is 10.2. The van der Waals surface area contributed by atoms with Gasteiger partial charge in [-0.15, -0.1) is 11.6 Å². The molecule has 13 heavy (non-hydrogen) atoms. The zero-order valence-corrected chi connectivity index (χ0v) is 8.13. The lowest BCUT2D eigenvalue weighted by Crippen LogP contribution is -2.02. The average Bonchev–Trinajstić information content (AvgIpc) is 2.16. The molecular formula is C10H12ClNO. The number of pyridine rings is 1. The van der Waals surface area contributed by atoms with E-state index >= 15 is 0 Å². The topological polar surface area (TPSA) is 30.0 Å².